The van der Waals surface area contributed by atoms with Crippen LogP contribution >= 0.6 is 11.7 Å². The predicted octanol–water partition coefficient (Wildman–Crippen LogP) is 28.2. The Bertz CT molecular complexity index is 1760. The Morgan fingerprint density at radius 1 is 0.380 bits per heavy atom. The maximum atomic E-state index is 10.4. The van der Waals surface area contributed by atoms with Gasteiger partial charge >= 0.3 is 5.97 Å². The first-order chi connectivity index (χ1) is 48.2. The van der Waals surface area contributed by atoms with Gasteiger partial charge in [-0.2, -0.15) is 24.2 Å². The summed E-state index contributed by atoms with van der Waals surface area (Å²) < 4.78 is 32.4. The van der Waals surface area contributed by atoms with Crippen molar-refractivity contribution in [3.8, 4) is 0 Å². The Balaban J connectivity index is -0.000000322. The highest BCUT2D eigenvalue weighted by atomic mass is 32.1. The average molecular weight is 1440 g/mol. The Morgan fingerprint density at radius 3 is 0.790 bits per heavy atom. The van der Waals surface area contributed by atoms with Crippen LogP contribution in [-0.2, 0) is 28.5 Å². The number of nitrogens with one attached hydrogen (secondary N) is 1. The van der Waals surface area contributed by atoms with Crippen molar-refractivity contribution in [1.82, 2.24) is 24.2 Å². The lowest BCUT2D eigenvalue weighted by Crippen LogP contribution is -2.51. The lowest BCUT2D eigenvalue weighted by molar-refractivity contribution is -0.175. The zero-order valence-corrected chi connectivity index (χ0v) is 74.6. The van der Waals surface area contributed by atoms with E-state index in [1.807, 2.05) is 180 Å². The molecule has 12 heteroatoms. The van der Waals surface area contributed by atoms with Crippen LogP contribution < -0.4 is 0 Å². The number of carbonyl (C=O) groups excluding carboxylic acids is 1. The summed E-state index contributed by atoms with van der Waals surface area (Å²) in [5, 5.41) is 9.70. The quantitative estimate of drug-likeness (QED) is 0.254. The fourth-order valence-corrected chi connectivity index (χ4v) is 16.4. The molecule has 2 aromatic heterocycles. The number of rotatable bonds is 0. The van der Waals surface area contributed by atoms with Crippen molar-refractivity contribution in [2.45, 2.75) is 415 Å². The summed E-state index contributed by atoms with van der Waals surface area (Å²) in [6, 6.07) is 0. The van der Waals surface area contributed by atoms with Gasteiger partial charge in [0.1, 0.15) is 0 Å². The van der Waals surface area contributed by atoms with Gasteiger partial charge in [-0.25, -0.2) is 0 Å². The van der Waals surface area contributed by atoms with E-state index < -0.39 is 0 Å². The zero-order chi connectivity index (χ0) is 77.9. The van der Waals surface area contributed by atoms with Gasteiger partial charge in [0.2, 0.25) is 0 Å². The van der Waals surface area contributed by atoms with Crippen LogP contribution in [0.2, 0.25) is 0 Å². The van der Waals surface area contributed by atoms with Crippen molar-refractivity contribution in [1.29, 1.82) is 0 Å². The first kappa shape index (κ1) is 107. The molecule has 17 rings (SSSR count). The first-order valence-corrected chi connectivity index (χ1v) is 44.1. The van der Waals surface area contributed by atoms with E-state index in [-0.39, 0.29) is 18.2 Å². The predicted molar refractivity (Wildman–Crippen MR) is 442 cm³/mol. The standard InChI is InChI=1S/3C8H14.C7H12O.2C7H12.C6H12O.C5H8O2.C4H8O2.C3H5N3.C3H4N2S.11C2H6/c3*1-7-5-8(6-7)3-2-4-8;1-6-2-7(3-6)4-8-5-7;2*1-6-4-7(5-6)2-3-7;1-6-3-2-4-7-5-6;1-4-2-3-7-5(4)6;1-4-5-2-3-6-4;2*1-3-2-4-6-5-3;11*1-2/h3*7H,2-6H2,1H3;6H,2-5H2,1H3;3*6H,2-5H2,1H3;4H,2-3H2,1H3;4H,2-3H2,1H3;2H,1H3,(H,4,5,6);2H,1H3;11*1-2H3. The van der Waals surface area contributed by atoms with Gasteiger partial charge in [0.25, 0.3) is 0 Å². The molecule has 2 aromatic rings. The Hall–Kier alpha value is -1.99. The van der Waals surface area contributed by atoms with Crippen LogP contribution in [0.4, 0.5) is 0 Å². The highest BCUT2D eigenvalue weighted by molar-refractivity contribution is 6.99. The van der Waals surface area contributed by atoms with Crippen molar-refractivity contribution in [3.63, 3.8) is 0 Å². The molecule has 15 aliphatic rings. The number of ether oxygens (including phenoxy) is 5. The number of aromatic amines is 1. The van der Waals surface area contributed by atoms with Crippen molar-refractivity contribution < 1.29 is 28.5 Å². The highest BCUT2D eigenvalue weighted by Gasteiger charge is 2.52. The van der Waals surface area contributed by atoms with Gasteiger partial charge in [-0.1, -0.05) is 227 Å². The Labute approximate surface area is 631 Å². The van der Waals surface area contributed by atoms with E-state index in [1.54, 1.807) is 141 Å². The SMILES string of the molecule is CC.CC.CC.CC.CC.CC.CC.CC.CC.CC.CC.CC1CC2(CC2)C1.CC1CC2(CC2)C1.CC1CC2(CCC2)C1.CC1CC2(CCC2)C1.CC1CC2(CCC2)C1.CC1CC2(COC2)C1.CC1CCCOC1.CC1CCOC1=O.CC1OCCO1.Cc1cn[nH]n1.Cc1cnsn1. The minimum absolute atomic E-state index is 0.0417. The molecule has 0 radical (unpaired) electrons. The average Bonchev–Trinajstić information content (AvgIpc) is 1.48. The molecule has 0 bridgehead atoms. The lowest BCUT2D eigenvalue weighted by atomic mass is 9.52. The minimum Gasteiger partial charge on any atom is -0.465 e. The molecular weight excluding hydrogens is 1260 g/mol. The number of cyclic esters (lactones) is 1. The third kappa shape index (κ3) is 44.9. The van der Waals surface area contributed by atoms with Crippen molar-refractivity contribution in [2.75, 3.05) is 46.2 Å². The summed E-state index contributed by atoms with van der Waals surface area (Å²) in [6.07, 6.45) is 45.4. The van der Waals surface area contributed by atoms with E-state index in [0.717, 1.165) is 126 Å². The number of H-pyrrole nitrogens is 1. The molecule has 100 heavy (non-hydrogen) atoms. The second-order valence-corrected chi connectivity index (χ2v) is 30.3. The molecule has 600 valence electrons. The molecule has 11 aliphatic carbocycles. The largest absolute Gasteiger partial charge is 0.465 e. The van der Waals surface area contributed by atoms with Gasteiger partial charge in [0.05, 0.1) is 74.5 Å². The Morgan fingerprint density at radius 2 is 0.710 bits per heavy atom. The number of nitrogens with zero attached hydrogens (tertiary/aromatic N) is 4. The summed E-state index contributed by atoms with van der Waals surface area (Å²) in [6.45, 7) is 74.2. The molecule has 1 N–H and O–H groups in total. The smallest absolute Gasteiger partial charge is 0.308 e. The summed E-state index contributed by atoms with van der Waals surface area (Å²) in [5.74, 6) is 7.25. The van der Waals surface area contributed by atoms with Crippen LogP contribution in [0.5, 0.6) is 0 Å². The van der Waals surface area contributed by atoms with Crippen molar-refractivity contribution in [2.24, 2.45) is 79.8 Å². The molecule has 0 aromatic carbocycles. The molecular formula is C88H181N5O6S. The number of hydrogen-bond donors (Lipinski definition) is 1. The van der Waals surface area contributed by atoms with E-state index in [1.165, 1.54) is 56.7 Å². The van der Waals surface area contributed by atoms with Gasteiger partial charge in [-0.05, 0) is 250 Å². The van der Waals surface area contributed by atoms with Crippen LogP contribution in [0.1, 0.15) is 406 Å². The van der Waals surface area contributed by atoms with Crippen LogP contribution in [0.3, 0.4) is 0 Å². The van der Waals surface area contributed by atoms with E-state index in [2.05, 4.69) is 77.4 Å². The number of aryl methyl sites for hydroxylation is 2. The minimum atomic E-state index is -0.0417. The summed E-state index contributed by atoms with van der Waals surface area (Å²) >= 11 is 1.24. The van der Waals surface area contributed by atoms with Crippen LogP contribution in [-0.4, -0.2) is 82.7 Å². The van der Waals surface area contributed by atoms with Gasteiger partial charge in [-0.15, -0.1) is 0 Å². The maximum absolute atomic E-state index is 10.4. The number of esters is 1. The van der Waals surface area contributed by atoms with E-state index >= 15 is 0 Å². The summed E-state index contributed by atoms with van der Waals surface area (Å²) in [4.78, 5) is 10.4. The van der Waals surface area contributed by atoms with Crippen LogP contribution in [0, 0.1) is 93.7 Å². The molecule has 6 spiro atoms. The number of carbonyl (C=O) groups is 1. The molecule has 15 fully saturated rings. The van der Waals surface area contributed by atoms with E-state index in [9.17, 15) is 4.79 Å². The lowest BCUT2D eigenvalue weighted by Gasteiger charge is -2.53. The van der Waals surface area contributed by atoms with Crippen LogP contribution in [0.25, 0.3) is 0 Å². The fourth-order valence-electron chi connectivity index (χ4n) is 16.0. The number of hydrogen-bond acceptors (Lipinski definition) is 11. The molecule has 11 saturated carbocycles. The maximum Gasteiger partial charge on any atom is 0.308 e. The third-order valence-electron chi connectivity index (χ3n) is 20.7. The fraction of sp³-hybridized carbons (Fsp3) is 0.943. The third-order valence-corrected chi connectivity index (χ3v) is 21.3. The topological polar surface area (TPSA) is 131 Å². The molecule has 4 aliphatic heterocycles. The highest BCUT2D eigenvalue weighted by Crippen LogP contribution is 2.64. The second-order valence-electron chi connectivity index (χ2n) is 29.8. The molecule has 11 nitrogen and oxygen atoms in total. The first-order valence-electron chi connectivity index (χ1n) is 43.3. The van der Waals surface area contributed by atoms with Gasteiger partial charge in [0, 0.05) is 18.6 Å². The van der Waals surface area contributed by atoms with Gasteiger partial charge < -0.3 is 23.7 Å². The normalized spacial score (nSPS) is 26.3. The van der Waals surface area contributed by atoms with Crippen molar-refractivity contribution >= 4 is 17.7 Å². The van der Waals surface area contributed by atoms with Gasteiger partial charge in [-0.3, -0.25) is 4.79 Å². The molecule has 0 amide bonds. The molecule has 4 saturated heterocycles. The van der Waals surface area contributed by atoms with E-state index in [4.69, 9.17) is 18.9 Å². The molecule has 6 heterocycles. The van der Waals surface area contributed by atoms with Crippen molar-refractivity contribution in [3.05, 3.63) is 23.8 Å². The van der Waals surface area contributed by atoms with Gasteiger partial charge in [0.15, 0.2) is 6.29 Å². The second kappa shape index (κ2) is 64.2. The molecule has 2 atom stereocenters. The Kier molecular flexibility index (Phi) is 68.5. The van der Waals surface area contributed by atoms with E-state index in [0.29, 0.717) is 12.0 Å². The zero-order valence-electron chi connectivity index (χ0n) is 73.7. The summed E-state index contributed by atoms with van der Waals surface area (Å²) in [7, 11) is 0. The van der Waals surface area contributed by atoms with Crippen LogP contribution in [0.15, 0.2) is 12.4 Å². The molecule has 2 unspecified atom stereocenters. The monoisotopic (exact) mass is 1440 g/mol. The number of aromatic nitrogens is 5. The summed E-state index contributed by atoms with van der Waals surface area (Å²) in [5.41, 5.74) is 7.26.